The largest absolute Gasteiger partial charge is 0.491 e. The van der Waals surface area contributed by atoms with Gasteiger partial charge in [0.1, 0.15) is 11.4 Å². The van der Waals surface area contributed by atoms with Gasteiger partial charge in [-0.15, -0.1) is 0 Å². The summed E-state index contributed by atoms with van der Waals surface area (Å²) in [4.78, 5) is 29.9. The lowest BCUT2D eigenvalue weighted by molar-refractivity contribution is -0.138. The van der Waals surface area contributed by atoms with Crippen LogP contribution >= 0.6 is 0 Å². The lowest BCUT2D eigenvalue weighted by atomic mass is 10.0. The van der Waals surface area contributed by atoms with Crippen LogP contribution in [0.2, 0.25) is 0 Å². The first-order valence-corrected chi connectivity index (χ1v) is 10.6. The Bertz CT molecular complexity index is 936. The number of carbonyl (C=O) groups excluding carboxylic acids is 2. The van der Waals surface area contributed by atoms with E-state index < -0.39 is 0 Å². The minimum absolute atomic E-state index is 0.0568. The molecule has 1 aliphatic heterocycles. The van der Waals surface area contributed by atoms with Gasteiger partial charge in [-0.3, -0.25) is 14.5 Å². The van der Waals surface area contributed by atoms with Crippen molar-refractivity contribution < 1.29 is 19.1 Å². The Hall–Kier alpha value is -3.12. The van der Waals surface area contributed by atoms with E-state index in [0.717, 1.165) is 11.3 Å². The summed E-state index contributed by atoms with van der Waals surface area (Å²) in [7, 11) is 1.56. The molecule has 1 heterocycles. The standard InChI is InChI=1S/C25H30N2O4/c1-5-26(17-19-9-7-6-8-10-19)23-22(24(28)27(25(23)29)15-16-30-4)20-11-13-21(14-12-20)31-18(2)3/h6-14,18H,5,15-17H2,1-4H3. The summed E-state index contributed by atoms with van der Waals surface area (Å²) >= 11 is 0. The monoisotopic (exact) mass is 422 g/mol. The van der Waals surface area contributed by atoms with Crippen LogP contribution in [-0.4, -0.2) is 54.5 Å². The highest BCUT2D eigenvalue weighted by molar-refractivity contribution is 6.35. The van der Waals surface area contributed by atoms with E-state index in [0.29, 0.717) is 36.5 Å². The molecule has 0 atom stereocenters. The predicted octanol–water partition coefficient (Wildman–Crippen LogP) is 3.72. The highest BCUT2D eigenvalue weighted by Crippen LogP contribution is 2.33. The van der Waals surface area contributed by atoms with Crippen molar-refractivity contribution in [3.63, 3.8) is 0 Å². The van der Waals surface area contributed by atoms with Gasteiger partial charge in [0.2, 0.25) is 0 Å². The maximum absolute atomic E-state index is 13.3. The van der Waals surface area contributed by atoms with Crippen LogP contribution in [0.5, 0.6) is 5.75 Å². The van der Waals surface area contributed by atoms with Crippen molar-refractivity contribution in [1.82, 2.24) is 9.80 Å². The fourth-order valence-electron chi connectivity index (χ4n) is 3.63. The molecule has 0 radical (unpaired) electrons. The van der Waals surface area contributed by atoms with Gasteiger partial charge in [0, 0.05) is 20.2 Å². The first-order valence-electron chi connectivity index (χ1n) is 10.6. The van der Waals surface area contributed by atoms with E-state index in [4.69, 9.17) is 9.47 Å². The van der Waals surface area contributed by atoms with Gasteiger partial charge in [0.05, 0.1) is 24.8 Å². The molecule has 6 heteroatoms. The van der Waals surface area contributed by atoms with Gasteiger partial charge in [0.25, 0.3) is 11.8 Å². The summed E-state index contributed by atoms with van der Waals surface area (Å²) in [5, 5.41) is 0. The summed E-state index contributed by atoms with van der Waals surface area (Å²) in [6.07, 6.45) is 0.0568. The van der Waals surface area contributed by atoms with Crippen molar-refractivity contribution in [1.29, 1.82) is 0 Å². The maximum atomic E-state index is 13.3. The minimum Gasteiger partial charge on any atom is -0.491 e. The normalized spacial score (nSPS) is 14.0. The lowest BCUT2D eigenvalue weighted by Crippen LogP contribution is -2.37. The first kappa shape index (κ1) is 22.6. The molecule has 0 saturated carbocycles. The lowest BCUT2D eigenvalue weighted by Gasteiger charge is -2.25. The molecular weight excluding hydrogens is 392 g/mol. The highest BCUT2D eigenvalue weighted by Gasteiger charge is 2.41. The first-order chi connectivity index (χ1) is 15.0. The Balaban J connectivity index is 2.02. The van der Waals surface area contributed by atoms with Gasteiger partial charge in [-0.2, -0.15) is 0 Å². The number of amides is 2. The third-order valence-electron chi connectivity index (χ3n) is 5.09. The number of hydrogen-bond acceptors (Lipinski definition) is 5. The Labute approximate surface area is 184 Å². The molecule has 0 saturated heterocycles. The van der Waals surface area contributed by atoms with Crippen LogP contribution in [0.25, 0.3) is 5.57 Å². The van der Waals surface area contributed by atoms with E-state index in [1.807, 2.05) is 80.3 Å². The van der Waals surface area contributed by atoms with Crippen LogP contribution in [0.4, 0.5) is 0 Å². The Morgan fingerprint density at radius 1 is 0.968 bits per heavy atom. The summed E-state index contributed by atoms with van der Waals surface area (Å²) < 4.78 is 10.8. The van der Waals surface area contributed by atoms with E-state index in [1.54, 1.807) is 7.11 Å². The van der Waals surface area contributed by atoms with Gasteiger partial charge in [-0.25, -0.2) is 0 Å². The molecule has 0 bridgehead atoms. The second-order valence-electron chi connectivity index (χ2n) is 7.67. The molecule has 164 valence electrons. The number of likely N-dealkylation sites (N-methyl/N-ethyl adjacent to an activating group) is 1. The van der Waals surface area contributed by atoms with Crippen LogP contribution in [0, 0.1) is 0 Å². The zero-order chi connectivity index (χ0) is 22.4. The molecule has 2 aromatic rings. The van der Waals surface area contributed by atoms with Gasteiger partial charge < -0.3 is 14.4 Å². The zero-order valence-corrected chi connectivity index (χ0v) is 18.6. The van der Waals surface area contributed by atoms with Crippen LogP contribution in [-0.2, 0) is 20.9 Å². The van der Waals surface area contributed by atoms with Gasteiger partial charge in [-0.05, 0) is 44.0 Å². The molecule has 0 unspecified atom stereocenters. The SMILES string of the molecule is CCN(Cc1ccccc1)C1=C(c2ccc(OC(C)C)cc2)C(=O)N(CCOC)C1=O. The van der Waals surface area contributed by atoms with Crippen LogP contribution in [0.3, 0.4) is 0 Å². The van der Waals surface area contributed by atoms with Crippen LogP contribution < -0.4 is 4.74 Å². The number of nitrogens with zero attached hydrogens (tertiary/aromatic N) is 2. The smallest absolute Gasteiger partial charge is 0.277 e. The number of ether oxygens (including phenoxy) is 2. The average Bonchev–Trinajstić information content (AvgIpc) is 3.01. The second-order valence-corrected chi connectivity index (χ2v) is 7.67. The van der Waals surface area contributed by atoms with Crippen molar-refractivity contribution >= 4 is 17.4 Å². The fourth-order valence-corrected chi connectivity index (χ4v) is 3.63. The minimum atomic E-state index is -0.291. The second kappa shape index (κ2) is 10.3. The van der Waals surface area contributed by atoms with Crippen molar-refractivity contribution in [2.45, 2.75) is 33.4 Å². The molecule has 3 rings (SSSR count). The molecule has 0 spiro atoms. The number of carbonyl (C=O) groups is 2. The molecule has 0 N–H and O–H groups in total. The van der Waals surface area contributed by atoms with Crippen LogP contribution in [0.1, 0.15) is 31.9 Å². The Morgan fingerprint density at radius 2 is 1.65 bits per heavy atom. The van der Waals surface area contributed by atoms with Crippen molar-refractivity contribution in [3.8, 4) is 5.75 Å². The van der Waals surface area contributed by atoms with Crippen molar-refractivity contribution in [2.75, 3.05) is 26.8 Å². The van der Waals surface area contributed by atoms with Crippen molar-refractivity contribution in [2.24, 2.45) is 0 Å². The van der Waals surface area contributed by atoms with Crippen molar-refractivity contribution in [3.05, 3.63) is 71.4 Å². The molecule has 6 nitrogen and oxygen atoms in total. The average molecular weight is 423 g/mol. The zero-order valence-electron chi connectivity index (χ0n) is 18.6. The third kappa shape index (κ3) is 5.14. The summed E-state index contributed by atoms with van der Waals surface area (Å²) in [5.41, 5.74) is 2.64. The number of methoxy groups -OCH3 is 1. The Kier molecular flexibility index (Phi) is 7.47. The number of imide groups is 1. The molecule has 0 fully saturated rings. The topological polar surface area (TPSA) is 59.1 Å². The molecule has 2 amide bonds. The molecule has 1 aliphatic rings. The van der Waals surface area contributed by atoms with E-state index >= 15 is 0 Å². The van der Waals surface area contributed by atoms with Gasteiger partial charge >= 0.3 is 0 Å². The molecular formula is C25H30N2O4. The number of hydrogen-bond donors (Lipinski definition) is 0. The van der Waals surface area contributed by atoms with Gasteiger partial charge in [-0.1, -0.05) is 42.5 Å². The number of benzene rings is 2. The molecule has 2 aromatic carbocycles. The highest BCUT2D eigenvalue weighted by atomic mass is 16.5. The summed E-state index contributed by atoms with van der Waals surface area (Å²) in [6, 6.07) is 17.3. The van der Waals surface area contributed by atoms with E-state index in [2.05, 4.69) is 0 Å². The predicted molar refractivity (Wildman–Crippen MR) is 120 cm³/mol. The van der Waals surface area contributed by atoms with E-state index in [9.17, 15) is 9.59 Å². The summed E-state index contributed by atoms with van der Waals surface area (Å²) in [5.74, 6) is 0.156. The molecule has 0 aliphatic carbocycles. The summed E-state index contributed by atoms with van der Waals surface area (Å²) in [6.45, 7) is 7.57. The van der Waals surface area contributed by atoms with Crippen LogP contribution in [0.15, 0.2) is 60.3 Å². The maximum Gasteiger partial charge on any atom is 0.277 e. The third-order valence-corrected chi connectivity index (χ3v) is 5.09. The fraction of sp³-hybridized carbons (Fsp3) is 0.360. The van der Waals surface area contributed by atoms with E-state index in [-0.39, 0.29) is 24.5 Å². The number of rotatable bonds is 10. The molecule has 0 aromatic heterocycles. The Morgan fingerprint density at radius 3 is 2.23 bits per heavy atom. The molecule has 31 heavy (non-hydrogen) atoms. The van der Waals surface area contributed by atoms with E-state index in [1.165, 1.54) is 4.90 Å². The van der Waals surface area contributed by atoms with Gasteiger partial charge in [0.15, 0.2) is 0 Å². The quantitative estimate of drug-likeness (QED) is 0.546.